The first-order valence-electron chi connectivity index (χ1n) is 5.02. The fraction of sp³-hybridized carbons (Fsp3) is 0.700. The maximum Gasteiger partial charge on any atom is 0.235 e. The van der Waals surface area contributed by atoms with E-state index in [-0.39, 0.29) is 12.5 Å². The van der Waals surface area contributed by atoms with Crippen LogP contribution in [0.1, 0.15) is 19.3 Å². The molecule has 1 N–H and O–H groups in total. The Morgan fingerprint density at radius 1 is 1.40 bits per heavy atom. The molecular weight excluding hydrogens is 192 g/mol. The van der Waals surface area contributed by atoms with Crippen molar-refractivity contribution in [3.63, 3.8) is 0 Å². The molecule has 0 aromatic rings. The van der Waals surface area contributed by atoms with E-state index in [0.29, 0.717) is 25.6 Å². The monoisotopic (exact) mass is 206 g/mol. The first kappa shape index (κ1) is 11.5. The van der Waals surface area contributed by atoms with Crippen molar-refractivity contribution in [1.82, 2.24) is 10.2 Å². The molecule has 0 aromatic heterocycles. The number of amides is 1. The van der Waals surface area contributed by atoms with E-state index in [2.05, 4.69) is 11.4 Å². The van der Waals surface area contributed by atoms with Crippen LogP contribution in [0.15, 0.2) is 0 Å². The third-order valence-electron chi connectivity index (χ3n) is 2.29. The molecule has 1 fully saturated rings. The van der Waals surface area contributed by atoms with Gasteiger partial charge in [-0.3, -0.25) is 9.69 Å². The number of nitrogens with zero attached hydrogens (tertiary/aromatic N) is 3. The van der Waals surface area contributed by atoms with Gasteiger partial charge in [-0.15, -0.1) is 0 Å². The van der Waals surface area contributed by atoms with E-state index >= 15 is 0 Å². The Kier molecular flexibility index (Phi) is 4.59. The number of carbonyl (C=O) groups excluding carboxylic acids is 1. The Hall–Kier alpha value is -1.59. The summed E-state index contributed by atoms with van der Waals surface area (Å²) in [5.41, 5.74) is 0. The van der Waals surface area contributed by atoms with Crippen LogP contribution in [-0.2, 0) is 4.79 Å². The minimum Gasteiger partial charge on any atom is -0.342 e. The fourth-order valence-electron chi connectivity index (χ4n) is 1.40. The van der Waals surface area contributed by atoms with Gasteiger partial charge in [0.15, 0.2) is 0 Å². The molecule has 1 aliphatic carbocycles. The van der Waals surface area contributed by atoms with E-state index in [9.17, 15) is 4.79 Å². The SMILES string of the molecule is N#CCCN(CC(=O)NCC#N)C1CC1. The zero-order valence-electron chi connectivity index (χ0n) is 8.57. The Bertz CT molecular complexity index is 298. The lowest BCUT2D eigenvalue weighted by Crippen LogP contribution is -2.39. The normalized spacial score (nSPS) is 14.3. The van der Waals surface area contributed by atoms with Crippen LogP contribution >= 0.6 is 0 Å². The van der Waals surface area contributed by atoms with Crippen LogP contribution in [0, 0.1) is 22.7 Å². The van der Waals surface area contributed by atoms with Crippen LogP contribution in [0.2, 0.25) is 0 Å². The quantitative estimate of drug-likeness (QED) is 0.620. The second-order valence-corrected chi connectivity index (χ2v) is 3.54. The number of nitriles is 2. The van der Waals surface area contributed by atoms with Gasteiger partial charge in [-0.05, 0) is 12.8 Å². The summed E-state index contributed by atoms with van der Waals surface area (Å²) in [6.45, 7) is 0.991. The summed E-state index contributed by atoms with van der Waals surface area (Å²) >= 11 is 0. The summed E-state index contributed by atoms with van der Waals surface area (Å²) in [6, 6.07) is 4.39. The van der Waals surface area contributed by atoms with Gasteiger partial charge in [0.1, 0.15) is 6.54 Å². The molecule has 0 heterocycles. The number of hydrogen-bond donors (Lipinski definition) is 1. The van der Waals surface area contributed by atoms with Gasteiger partial charge >= 0.3 is 0 Å². The van der Waals surface area contributed by atoms with E-state index in [1.165, 1.54) is 0 Å². The lowest BCUT2D eigenvalue weighted by atomic mass is 10.3. The van der Waals surface area contributed by atoms with Gasteiger partial charge in [0, 0.05) is 19.0 Å². The minimum atomic E-state index is -0.138. The fourth-order valence-corrected chi connectivity index (χ4v) is 1.40. The smallest absolute Gasteiger partial charge is 0.235 e. The number of rotatable bonds is 6. The molecule has 80 valence electrons. The highest BCUT2D eigenvalue weighted by atomic mass is 16.2. The molecule has 0 radical (unpaired) electrons. The van der Waals surface area contributed by atoms with Gasteiger partial charge in [-0.2, -0.15) is 10.5 Å². The Morgan fingerprint density at radius 3 is 2.67 bits per heavy atom. The number of carbonyl (C=O) groups is 1. The molecule has 0 unspecified atom stereocenters. The Morgan fingerprint density at radius 2 is 2.13 bits per heavy atom. The highest BCUT2D eigenvalue weighted by Gasteiger charge is 2.29. The van der Waals surface area contributed by atoms with E-state index < -0.39 is 0 Å². The summed E-state index contributed by atoms with van der Waals surface area (Å²) in [5.74, 6) is -0.138. The van der Waals surface area contributed by atoms with Crippen molar-refractivity contribution in [3.05, 3.63) is 0 Å². The molecule has 0 bridgehead atoms. The molecular formula is C10H14N4O. The van der Waals surface area contributed by atoms with E-state index in [0.717, 1.165) is 12.8 Å². The molecule has 1 rings (SSSR count). The first-order valence-corrected chi connectivity index (χ1v) is 5.02. The maximum atomic E-state index is 11.3. The predicted octanol–water partition coefficient (Wildman–Crippen LogP) is 0.00426. The second kappa shape index (κ2) is 6.00. The Labute approximate surface area is 89.3 Å². The average molecular weight is 206 g/mol. The van der Waals surface area contributed by atoms with Gasteiger partial charge in [0.05, 0.1) is 18.7 Å². The average Bonchev–Trinajstić information content (AvgIpc) is 3.04. The minimum absolute atomic E-state index is 0.0512. The first-order chi connectivity index (χ1) is 7.27. The molecule has 5 heteroatoms. The summed E-state index contributed by atoms with van der Waals surface area (Å²) in [4.78, 5) is 13.3. The van der Waals surface area contributed by atoms with Crippen LogP contribution in [0.25, 0.3) is 0 Å². The van der Waals surface area contributed by atoms with Crippen molar-refractivity contribution in [2.75, 3.05) is 19.6 Å². The molecule has 1 amide bonds. The van der Waals surface area contributed by atoms with E-state index in [1.54, 1.807) is 0 Å². The van der Waals surface area contributed by atoms with Crippen LogP contribution in [-0.4, -0.2) is 36.5 Å². The van der Waals surface area contributed by atoms with Crippen LogP contribution < -0.4 is 5.32 Å². The van der Waals surface area contributed by atoms with Crippen molar-refractivity contribution >= 4 is 5.91 Å². The summed E-state index contributed by atoms with van der Waals surface area (Å²) in [6.07, 6.45) is 2.66. The topological polar surface area (TPSA) is 79.9 Å². The van der Waals surface area contributed by atoms with Gasteiger partial charge in [-0.1, -0.05) is 0 Å². The van der Waals surface area contributed by atoms with Crippen molar-refractivity contribution in [2.24, 2.45) is 0 Å². The van der Waals surface area contributed by atoms with Gasteiger partial charge in [-0.25, -0.2) is 0 Å². The van der Waals surface area contributed by atoms with Crippen LogP contribution in [0.5, 0.6) is 0 Å². The van der Waals surface area contributed by atoms with Gasteiger partial charge in [0.2, 0.25) is 5.91 Å². The summed E-state index contributed by atoms with van der Waals surface area (Å²) in [5, 5.41) is 19.3. The third kappa shape index (κ3) is 4.44. The van der Waals surface area contributed by atoms with Crippen LogP contribution in [0.4, 0.5) is 0 Å². The number of hydrogen-bond acceptors (Lipinski definition) is 4. The van der Waals surface area contributed by atoms with Crippen molar-refractivity contribution in [1.29, 1.82) is 10.5 Å². The van der Waals surface area contributed by atoms with E-state index in [1.807, 2.05) is 11.0 Å². The molecule has 0 saturated heterocycles. The van der Waals surface area contributed by atoms with Gasteiger partial charge < -0.3 is 5.32 Å². The standard InChI is InChI=1S/C10H14N4O/c11-4-1-7-14(9-2-3-9)8-10(15)13-6-5-12/h9H,1-3,6-8H2,(H,13,15). The lowest BCUT2D eigenvalue weighted by molar-refractivity contribution is -0.122. The van der Waals surface area contributed by atoms with Gasteiger partial charge in [0.25, 0.3) is 0 Å². The molecule has 0 aromatic carbocycles. The molecule has 5 nitrogen and oxygen atoms in total. The molecule has 1 aliphatic rings. The molecule has 0 spiro atoms. The van der Waals surface area contributed by atoms with Crippen molar-refractivity contribution in [3.8, 4) is 12.1 Å². The lowest BCUT2D eigenvalue weighted by Gasteiger charge is -2.19. The third-order valence-corrected chi connectivity index (χ3v) is 2.29. The highest BCUT2D eigenvalue weighted by Crippen LogP contribution is 2.26. The molecule has 15 heavy (non-hydrogen) atoms. The zero-order valence-corrected chi connectivity index (χ0v) is 8.57. The van der Waals surface area contributed by atoms with E-state index in [4.69, 9.17) is 10.5 Å². The highest BCUT2D eigenvalue weighted by molar-refractivity contribution is 5.78. The van der Waals surface area contributed by atoms with Crippen LogP contribution in [0.3, 0.4) is 0 Å². The summed E-state index contributed by atoms with van der Waals surface area (Å²) < 4.78 is 0. The second-order valence-electron chi connectivity index (χ2n) is 3.54. The summed E-state index contributed by atoms with van der Waals surface area (Å²) in [7, 11) is 0. The molecule has 0 atom stereocenters. The molecule has 0 aliphatic heterocycles. The molecule has 1 saturated carbocycles. The predicted molar refractivity (Wildman–Crippen MR) is 53.4 cm³/mol. The largest absolute Gasteiger partial charge is 0.342 e. The van der Waals surface area contributed by atoms with Crippen molar-refractivity contribution in [2.45, 2.75) is 25.3 Å². The van der Waals surface area contributed by atoms with Crippen molar-refractivity contribution < 1.29 is 4.79 Å². The number of nitrogens with one attached hydrogen (secondary N) is 1. The Balaban J connectivity index is 2.28. The zero-order chi connectivity index (χ0) is 11.1. The maximum absolute atomic E-state index is 11.3.